The van der Waals surface area contributed by atoms with Gasteiger partial charge in [-0.2, -0.15) is 0 Å². The summed E-state index contributed by atoms with van der Waals surface area (Å²) in [4.78, 5) is 12.9. The summed E-state index contributed by atoms with van der Waals surface area (Å²) in [6.07, 6.45) is 2.56. The smallest absolute Gasteiger partial charge is 0.246 e. The van der Waals surface area contributed by atoms with Gasteiger partial charge in [-0.1, -0.05) is 6.07 Å². The molecule has 1 amide bonds. The number of thiophene rings is 1. The molecule has 0 radical (unpaired) electrons. The van der Waals surface area contributed by atoms with Gasteiger partial charge < -0.3 is 10.1 Å². The Balaban J connectivity index is 1.66. The van der Waals surface area contributed by atoms with Gasteiger partial charge in [0.25, 0.3) is 0 Å². The van der Waals surface area contributed by atoms with Crippen LogP contribution in [0.1, 0.15) is 18.2 Å². The number of hydrogen-bond acceptors (Lipinski definition) is 3. The monoisotopic (exact) mass is 319 g/mol. The lowest BCUT2D eigenvalue weighted by Crippen LogP contribution is -2.26. The third-order valence-electron chi connectivity index (χ3n) is 2.95. The maximum Gasteiger partial charge on any atom is 0.246 e. The molecule has 22 heavy (non-hydrogen) atoms. The SMILES string of the molecule is C/C(=C\c1cccs1)C(=O)NCCCOc1ccc(F)cc1. The van der Waals surface area contributed by atoms with Crippen molar-refractivity contribution in [2.45, 2.75) is 13.3 Å². The zero-order valence-corrected chi connectivity index (χ0v) is 13.2. The van der Waals surface area contributed by atoms with E-state index in [0.29, 0.717) is 30.9 Å². The summed E-state index contributed by atoms with van der Waals surface area (Å²) in [5, 5.41) is 4.82. The summed E-state index contributed by atoms with van der Waals surface area (Å²) < 4.78 is 18.2. The van der Waals surface area contributed by atoms with Crippen molar-refractivity contribution in [2.24, 2.45) is 0 Å². The molecule has 5 heteroatoms. The average Bonchev–Trinajstić information content (AvgIpc) is 3.01. The van der Waals surface area contributed by atoms with Gasteiger partial charge in [0.1, 0.15) is 11.6 Å². The van der Waals surface area contributed by atoms with E-state index in [0.717, 1.165) is 4.88 Å². The fraction of sp³-hybridized carbons (Fsp3) is 0.235. The van der Waals surface area contributed by atoms with E-state index in [1.807, 2.05) is 23.6 Å². The number of benzene rings is 1. The molecule has 0 saturated carbocycles. The Morgan fingerprint density at radius 3 is 2.77 bits per heavy atom. The molecule has 1 aromatic carbocycles. The Labute approximate surface area is 133 Å². The van der Waals surface area contributed by atoms with Crippen LogP contribution < -0.4 is 10.1 Å². The second-order valence-electron chi connectivity index (χ2n) is 4.75. The fourth-order valence-electron chi connectivity index (χ4n) is 1.79. The molecule has 0 aliphatic heterocycles. The largest absolute Gasteiger partial charge is 0.494 e. The van der Waals surface area contributed by atoms with Gasteiger partial charge in [-0.25, -0.2) is 4.39 Å². The molecule has 0 bridgehead atoms. The third kappa shape index (κ3) is 5.33. The van der Waals surface area contributed by atoms with Crippen molar-refractivity contribution < 1.29 is 13.9 Å². The van der Waals surface area contributed by atoms with E-state index in [1.165, 1.54) is 12.1 Å². The van der Waals surface area contributed by atoms with Gasteiger partial charge in [0.2, 0.25) is 5.91 Å². The summed E-state index contributed by atoms with van der Waals surface area (Å²) in [5.41, 5.74) is 0.682. The normalized spacial score (nSPS) is 11.3. The zero-order valence-electron chi connectivity index (χ0n) is 12.3. The quantitative estimate of drug-likeness (QED) is 0.621. The number of carbonyl (C=O) groups excluding carboxylic acids is 1. The van der Waals surface area contributed by atoms with Crippen molar-refractivity contribution >= 4 is 23.3 Å². The van der Waals surface area contributed by atoms with Gasteiger partial charge in [-0.3, -0.25) is 4.79 Å². The van der Waals surface area contributed by atoms with Crippen molar-refractivity contribution in [3.63, 3.8) is 0 Å². The Morgan fingerprint density at radius 2 is 2.09 bits per heavy atom. The number of nitrogens with one attached hydrogen (secondary N) is 1. The highest BCUT2D eigenvalue weighted by molar-refractivity contribution is 7.10. The molecule has 3 nitrogen and oxygen atoms in total. The average molecular weight is 319 g/mol. The van der Waals surface area contributed by atoms with E-state index >= 15 is 0 Å². The summed E-state index contributed by atoms with van der Waals surface area (Å²) >= 11 is 1.60. The van der Waals surface area contributed by atoms with Crippen LogP contribution in [0.3, 0.4) is 0 Å². The van der Waals surface area contributed by atoms with Crippen molar-refractivity contribution in [1.29, 1.82) is 0 Å². The fourth-order valence-corrected chi connectivity index (χ4v) is 2.50. The lowest BCUT2D eigenvalue weighted by atomic mass is 10.2. The Morgan fingerprint density at radius 1 is 1.32 bits per heavy atom. The molecule has 0 unspecified atom stereocenters. The van der Waals surface area contributed by atoms with Crippen molar-refractivity contribution in [3.8, 4) is 5.75 Å². The first kappa shape index (κ1) is 16.2. The Kier molecular flexibility index (Phi) is 6.15. The molecule has 0 atom stereocenters. The number of halogens is 1. The van der Waals surface area contributed by atoms with E-state index in [1.54, 1.807) is 30.4 Å². The standard InChI is InChI=1S/C17H18FNO2S/c1-13(12-16-4-2-11-22-16)17(20)19-9-3-10-21-15-7-5-14(18)6-8-15/h2,4-8,11-12H,3,9-10H2,1H3,(H,19,20)/b13-12+. The minimum absolute atomic E-state index is 0.0739. The van der Waals surface area contributed by atoms with Gasteiger partial charge in [0, 0.05) is 17.0 Å². The lowest BCUT2D eigenvalue weighted by molar-refractivity contribution is -0.117. The minimum Gasteiger partial charge on any atom is -0.494 e. The molecule has 0 aliphatic carbocycles. The number of ether oxygens (including phenoxy) is 1. The van der Waals surface area contributed by atoms with Crippen LogP contribution in [0.15, 0.2) is 47.4 Å². The van der Waals surface area contributed by atoms with Crippen molar-refractivity contribution in [2.75, 3.05) is 13.2 Å². The summed E-state index contributed by atoms with van der Waals surface area (Å²) in [6.45, 7) is 2.80. The topological polar surface area (TPSA) is 38.3 Å². The molecule has 1 heterocycles. The van der Waals surface area contributed by atoms with E-state index < -0.39 is 0 Å². The van der Waals surface area contributed by atoms with E-state index in [4.69, 9.17) is 4.74 Å². The molecular weight excluding hydrogens is 301 g/mol. The Bertz CT molecular complexity index is 621. The second-order valence-corrected chi connectivity index (χ2v) is 5.73. The highest BCUT2D eigenvalue weighted by Gasteiger charge is 2.03. The number of hydrogen-bond donors (Lipinski definition) is 1. The van der Waals surface area contributed by atoms with Gasteiger partial charge in [-0.15, -0.1) is 11.3 Å². The number of amides is 1. The van der Waals surface area contributed by atoms with Crippen LogP contribution in [0.4, 0.5) is 4.39 Å². The lowest BCUT2D eigenvalue weighted by Gasteiger charge is -2.07. The molecule has 0 fully saturated rings. The summed E-state index contributed by atoms with van der Waals surface area (Å²) in [7, 11) is 0. The molecular formula is C17H18FNO2S. The minimum atomic E-state index is -0.285. The maximum atomic E-state index is 12.7. The molecule has 116 valence electrons. The molecule has 1 aromatic heterocycles. The second kappa shape index (κ2) is 8.34. The van der Waals surface area contributed by atoms with Crippen LogP contribution in [0.25, 0.3) is 6.08 Å². The predicted molar refractivity (Wildman–Crippen MR) is 87.5 cm³/mol. The van der Waals surface area contributed by atoms with Crippen LogP contribution >= 0.6 is 11.3 Å². The van der Waals surface area contributed by atoms with Crippen LogP contribution in [0.2, 0.25) is 0 Å². The first-order chi connectivity index (χ1) is 10.6. The predicted octanol–water partition coefficient (Wildman–Crippen LogP) is 3.88. The molecule has 0 spiro atoms. The van der Waals surface area contributed by atoms with E-state index in [2.05, 4.69) is 5.32 Å². The highest BCUT2D eigenvalue weighted by Crippen LogP contribution is 2.13. The van der Waals surface area contributed by atoms with Crippen LogP contribution in [0.5, 0.6) is 5.75 Å². The zero-order chi connectivity index (χ0) is 15.8. The number of rotatable bonds is 7. The molecule has 0 saturated heterocycles. The van der Waals surface area contributed by atoms with Gasteiger partial charge >= 0.3 is 0 Å². The van der Waals surface area contributed by atoms with Crippen LogP contribution in [-0.4, -0.2) is 19.1 Å². The maximum absolute atomic E-state index is 12.7. The molecule has 2 rings (SSSR count). The van der Waals surface area contributed by atoms with Crippen molar-refractivity contribution in [1.82, 2.24) is 5.32 Å². The molecule has 2 aromatic rings. The van der Waals surface area contributed by atoms with Gasteiger partial charge in [0.15, 0.2) is 0 Å². The molecule has 1 N–H and O–H groups in total. The van der Waals surface area contributed by atoms with Gasteiger partial charge in [-0.05, 0) is 55.1 Å². The first-order valence-electron chi connectivity index (χ1n) is 7.03. The van der Waals surface area contributed by atoms with Crippen LogP contribution in [-0.2, 0) is 4.79 Å². The van der Waals surface area contributed by atoms with E-state index in [9.17, 15) is 9.18 Å². The van der Waals surface area contributed by atoms with Crippen LogP contribution in [0, 0.1) is 5.82 Å². The third-order valence-corrected chi connectivity index (χ3v) is 3.77. The summed E-state index contributed by atoms with van der Waals surface area (Å²) in [5.74, 6) is 0.268. The molecule has 0 aliphatic rings. The number of carbonyl (C=O) groups is 1. The highest BCUT2D eigenvalue weighted by atomic mass is 32.1. The Hall–Kier alpha value is -2.14. The van der Waals surface area contributed by atoms with E-state index in [-0.39, 0.29) is 11.7 Å². The van der Waals surface area contributed by atoms with Crippen molar-refractivity contribution in [3.05, 3.63) is 58.0 Å². The first-order valence-corrected chi connectivity index (χ1v) is 7.91. The summed E-state index contributed by atoms with van der Waals surface area (Å²) in [6, 6.07) is 9.81. The van der Waals surface area contributed by atoms with Gasteiger partial charge in [0.05, 0.1) is 6.61 Å².